The van der Waals surface area contributed by atoms with Gasteiger partial charge in [-0.1, -0.05) is 60.7 Å². The highest BCUT2D eigenvalue weighted by atomic mass is 127. The molecule has 5 nitrogen and oxygen atoms in total. The predicted octanol–water partition coefficient (Wildman–Crippen LogP) is 3.42. The molecular weight excluding hydrogens is 475 g/mol. The number of hydrogen-bond donors (Lipinski definition) is 2. The summed E-state index contributed by atoms with van der Waals surface area (Å²) in [6, 6.07) is 23.9. The van der Waals surface area contributed by atoms with Crippen LogP contribution in [-0.4, -0.2) is 24.1 Å². The van der Waals surface area contributed by atoms with Crippen LogP contribution in [0.5, 0.6) is 0 Å². The van der Waals surface area contributed by atoms with Gasteiger partial charge in [-0.25, -0.2) is 0 Å². The summed E-state index contributed by atoms with van der Waals surface area (Å²) < 4.78 is 1.70. The van der Waals surface area contributed by atoms with Crippen molar-refractivity contribution < 1.29 is 0 Å². The minimum atomic E-state index is 0. The summed E-state index contributed by atoms with van der Waals surface area (Å²) >= 11 is 0. The molecule has 6 heteroatoms. The zero-order chi connectivity index (χ0) is 19.6. The smallest absolute Gasteiger partial charge is 0.250 e. The standard InChI is InChI=1S/C23H26N4O.HI/c1-24-23(25-15-14-19-7-3-2-4-8-19)26-17-20-10-12-21(13-11-20)18-27-16-6-5-9-22(27)28;/h2-13,16H,14-15,17-18H2,1H3,(H2,24,25,26);1H. The van der Waals surface area contributed by atoms with Crippen LogP contribution in [0.4, 0.5) is 0 Å². The molecule has 0 aliphatic carbocycles. The van der Waals surface area contributed by atoms with E-state index in [0.717, 1.165) is 30.1 Å². The fourth-order valence-electron chi connectivity index (χ4n) is 2.93. The van der Waals surface area contributed by atoms with E-state index in [1.165, 1.54) is 5.56 Å². The van der Waals surface area contributed by atoms with Gasteiger partial charge in [-0.2, -0.15) is 0 Å². The Morgan fingerprint density at radius 2 is 1.55 bits per heavy atom. The molecule has 0 radical (unpaired) electrons. The molecule has 0 saturated heterocycles. The number of aromatic nitrogens is 1. The summed E-state index contributed by atoms with van der Waals surface area (Å²) in [7, 11) is 1.78. The number of nitrogens with zero attached hydrogens (tertiary/aromatic N) is 2. The van der Waals surface area contributed by atoms with Gasteiger partial charge in [0, 0.05) is 32.4 Å². The molecule has 0 aliphatic heterocycles. The van der Waals surface area contributed by atoms with Crippen LogP contribution in [0.2, 0.25) is 0 Å². The van der Waals surface area contributed by atoms with E-state index in [4.69, 9.17) is 0 Å². The van der Waals surface area contributed by atoms with E-state index in [1.807, 2.05) is 18.3 Å². The van der Waals surface area contributed by atoms with E-state index in [2.05, 4.69) is 64.2 Å². The first-order valence-corrected chi connectivity index (χ1v) is 9.46. The Labute approximate surface area is 188 Å². The lowest BCUT2D eigenvalue weighted by molar-refractivity contribution is 0.758. The summed E-state index contributed by atoms with van der Waals surface area (Å²) in [4.78, 5) is 16.1. The first-order valence-electron chi connectivity index (χ1n) is 9.46. The Morgan fingerprint density at radius 3 is 2.24 bits per heavy atom. The van der Waals surface area contributed by atoms with Gasteiger partial charge in [-0.05, 0) is 29.2 Å². The van der Waals surface area contributed by atoms with E-state index in [1.54, 1.807) is 23.7 Å². The molecule has 0 atom stereocenters. The number of hydrogen-bond acceptors (Lipinski definition) is 2. The second kappa shape index (κ2) is 12.1. The summed E-state index contributed by atoms with van der Waals surface area (Å²) in [6.07, 6.45) is 2.76. The average molecular weight is 502 g/mol. The first kappa shape index (κ1) is 22.7. The number of pyridine rings is 1. The summed E-state index contributed by atoms with van der Waals surface area (Å²) in [5, 5.41) is 6.67. The fourth-order valence-corrected chi connectivity index (χ4v) is 2.93. The van der Waals surface area contributed by atoms with Crippen molar-refractivity contribution >= 4 is 29.9 Å². The third-order valence-electron chi connectivity index (χ3n) is 4.51. The van der Waals surface area contributed by atoms with Crippen LogP contribution in [0.25, 0.3) is 0 Å². The van der Waals surface area contributed by atoms with Crippen molar-refractivity contribution in [3.63, 3.8) is 0 Å². The van der Waals surface area contributed by atoms with Gasteiger partial charge in [-0.15, -0.1) is 24.0 Å². The minimum Gasteiger partial charge on any atom is -0.356 e. The third-order valence-corrected chi connectivity index (χ3v) is 4.51. The van der Waals surface area contributed by atoms with Crippen LogP contribution in [0.1, 0.15) is 16.7 Å². The Hall–Kier alpha value is -2.61. The number of rotatable bonds is 7. The van der Waals surface area contributed by atoms with E-state index in [9.17, 15) is 4.79 Å². The topological polar surface area (TPSA) is 58.4 Å². The Kier molecular flexibility index (Phi) is 9.43. The highest BCUT2D eigenvalue weighted by Crippen LogP contribution is 2.06. The largest absolute Gasteiger partial charge is 0.356 e. The van der Waals surface area contributed by atoms with Crippen LogP contribution >= 0.6 is 24.0 Å². The number of nitrogens with one attached hydrogen (secondary N) is 2. The average Bonchev–Trinajstić information content (AvgIpc) is 2.74. The first-order chi connectivity index (χ1) is 13.7. The Balaban J connectivity index is 0.00000300. The molecule has 0 aliphatic rings. The molecule has 0 saturated carbocycles. The van der Waals surface area contributed by atoms with Gasteiger partial charge in [0.25, 0.3) is 5.56 Å². The fraction of sp³-hybridized carbons (Fsp3) is 0.217. The molecule has 29 heavy (non-hydrogen) atoms. The maximum Gasteiger partial charge on any atom is 0.250 e. The lowest BCUT2D eigenvalue weighted by Gasteiger charge is -2.12. The van der Waals surface area contributed by atoms with Gasteiger partial charge >= 0.3 is 0 Å². The van der Waals surface area contributed by atoms with Crippen molar-refractivity contribution in [1.29, 1.82) is 0 Å². The molecule has 0 spiro atoms. The highest BCUT2D eigenvalue weighted by Gasteiger charge is 2.01. The van der Waals surface area contributed by atoms with Crippen LogP contribution in [0.3, 0.4) is 0 Å². The molecule has 1 aromatic heterocycles. The van der Waals surface area contributed by atoms with Crippen molar-refractivity contribution in [3.8, 4) is 0 Å². The monoisotopic (exact) mass is 502 g/mol. The van der Waals surface area contributed by atoms with Crippen molar-refractivity contribution in [1.82, 2.24) is 15.2 Å². The van der Waals surface area contributed by atoms with Crippen molar-refractivity contribution in [2.24, 2.45) is 4.99 Å². The molecule has 0 bridgehead atoms. The molecule has 3 aromatic rings. The number of benzene rings is 2. The SMILES string of the molecule is CN=C(NCCc1ccccc1)NCc1ccc(Cn2ccccc2=O)cc1.I. The maximum absolute atomic E-state index is 11.8. The molecule has 2 N–H and O–H groups in total. The predicted molar refractivity (Wildman–Crippen MR) is 130 cm³/mol. The van der Waals surface area contributed by atoms with E-state index >= 15 is 0 Å². The van der Waals surface area contributed by atoms with Crippen LogP contribution < -0.4 is 16.2 Å². The highest BCUT2D eigenvalue weighted by molar-refractivity contribution is 14.0. The molecule has 2 aromatic carbocycles. The lowest BCUT2D eigenvalue weighted by atomic mass is 10.1. The Bertz CT molecular complexity index is 952. The van der Waals surface area contributed by atoms with Gasteiger partial charge in [0.2, 0.25) is 0 Å². The van der Waals surface area contributed by atoms with E-state index in [-0.39, 0.29) is 29.5 Å². The van der Waals surface area contributed by atoms with Gasteiger partial charge in [0.05, 0.1) is 6.54 Å². The van der Waals surface area contributed by atoms with Crippen molar-refractivity contribution in [2.45, 2.75) is 19.5 Å². The molecule has 152 valence electrons. The number of guanidine groups is 1. The molecule has 0 amide bonds. The second-order valence-corrected chi connectivity index (χ2v) is 6.57. The van der Waals surface area contributed by atoms with Crippen LogP contribution in [-0.2, 0) is 19.5 Å². The normalized spacial score (nSPS) is 10.9. The summed E-state index contributed by atoms with van der Waals surface area (Å²) in [5.41, 5.74) is 3.58. The molecular formula is C23H27IN4O. The quantitative estimate of drug-likeness (QED) is 0.296. The molecule has 0 fully saturated rings. The lowest BCUT2D eigenvalue weighted by Crippen LogP contribution is -2.37. The van der Waals surface area contributed by atoms with Crippen molar-refractivity contribution in [2.75, 3.05) is 13.6 Å². The summed E-state index contributed by atoms with van der Waals surface area (Å²) in [5.74, 6) is 0.788. The van der Waals surface area contributed by atoms with Crippen molar-refractivity contribution in [3.05, 3.63) is 106 Å². The second-order valence-electron chi connectivity index (χ2n) is 6.57. The van der Waals surface area contributed by atoms with E-state index < -0.39 is 0 Å². The van der Waals surface area contributed by atoms with Gasteiger partial charge in [0.1, 0.15) is 0 Å². The molecule has 3 rings (SSSR count). The van der Waals surface area contributed by atoms with Crippen LogP contribution in [0.15, 0.2) is 88.8 Å². The number of halogens is 1. The van der Waals surface area contributed by atoms with Gasteiger partial charge in [0.15, 0.2) is 5.96 Å². The Morgan fingerprint density at radius 1 is 0.862 bits per heavy atom. The van der Waals surface area contributed by atoms with Gasteiger partial charge in [-0.3, -0.25) is 9.79 Å². The maximum atomic E-state index is 11.8. The van der Waals surface area contributed by atoms with Crippen LogP contribution in [0, 0.1) is 0 Å². The van der Waals surface area contributed by atoms with Gasteiger partial charge < -0.3 is 15.2 Å². The summed E-state index contributed by atoms with van der Waals surface area (Å²) in [6.45, 7) is 2.10. The zero-order valence-corrected chi connectivity index (χ0v) is 18.9. The molecule has 1 heterocycles. The third kappa shape index (κ3) is 7.38. The van der Waals surface area contributed by atoms with E-state index in [0.29, 0.717) is 13.1 Å². The minimum absolute atomic E-state index is 0. The number of aliphatic imine (C=N–C) groups is 1. The molecule has 0 unspecified atom stereocenters. The zero-order valence-electron chi connectivity index (χ0n) is 16.5.